The molecule has 0 aromatic heterocycles. The van der Waals surface area contributed by atoms with Crippen LogP contribution in [0.5, 0.6) is 0 Å². The number of benzene rings is 1. The van der Waals surface area contributed by atoms with E-state index < -0.39 is 6.04 Å². The molecule has 1 amide bonds. The van der Waals surface area contributed by atoms with Crippen LogP contribution in [-0.4, -0.2) is 61.9 Å². The standard InChI is InChI=1S/C17H25ClN6O3/c18-14-4-2-13(3-5-14)12-20-16(19)15(22-21-6-1-9-25)17(26)23-24-7-10-27-11-8-24/h2-5,9,15,21-22H,1,6-8,10-12H2,(H2,19,20)(H,23,26). The number of nitrogens with one attached hydrogen (secondary N) is 3. The Morgan fingerprint density at radius 3 is 2.70 bits per heavy atom. The van der Waals surface area contributed by atoms with Crippen molar-refractivity contribution in [2.45, 2.75) is 19.0 Å². The summed E-state index contributed by atoms with van der Waals surface area (Å²) in [6.07, 6.45) is 1.10. The van der Waals surface area contributed by atoms with Crippen molar-refractivity contribution in [2.24, 2.45) is 10.7 Å². The summed E-state index contributed by atoms with van der Waals surface area (Å²) in [5, 5.41) is 2.41. The number of aliphatic imine (C=N–C) groups is 1. The summed E-state index contributed by atoms with van der Waals surface area (Å²) in [7, 11) is 0. The first-order valence-corrected chi connectivity index (χ1v) is 9.07. The van der Waals surface area contributed by atoms with E-state index in [-0.39, 0.29) is 11.7 Å². The minimum absolute atomic E-state index is 0.134. The predicted octanol–water partition coefficient (Wildman–Crippen LogP) is -0.388. The molecule has 5 N–H and O–H groups in total. The van der Waals surface area contributed by atoms with Crippen molar-refractivity contribution in [3.05, 3.63) is 34.9 Å². The molecule has 0 bridgehead atoms. The van der Waals surface area contributed by atoms with Crippen molar-refractivity contribution in [1.29, 1.82) is 0 Å². The lowest BCUT2D eigenvalue weighted by atomic mass is 10.2. The van der Waals surface area contributed by atoms with E-state index in [0.717, 1.165) is 11.8 Å². The zero-order valence-electron chi connectivity index (χ0n) is 15.0. The molecule has 1 aromatic carbocycles. The molecule has 1 unspecified atom stereocenters. The number of aldehydes is 1. The van der Waals surface area contributed by atoms with Gasteiger partial charge in [0.15, 0.2) is 6.04 Å². The Hall–Kier alpha value is -2.04. The minimum atomic E-state index is -0.883. The number of hydrogen-bond donors (Lipinski definition) is 4. The van der Waals surface area contributed by atoms with E-state index in [4.69, 9.17) is 22.1 Å². The highest BCUT2D eigenvalue weighted by Crippen LogP contribution is 2.10. The Bertz CT molecular complexity index is 634. The van der Waals surface area contributed by atoms with E-state index in [1.54, 1.807) is 17.1 Å². The van der Waals surface area contributed by atoms with Gasteiger partial charge in [0, 0.05) is 31.1 Å². The largest absolute Gasteiger partial charge is 0.386 e. The van der Waals surface area contributed by atoms with Crippen LogP contribution in [0.25, 0.3) is 0 Å². The summed E-state index contributed by atoms with van der Waals surface area (Å²) in [4.78, 5) is 27.4. The van der Waals surface area contributed by atoms with Gasteiger partial charge in [-0.15, -0.1) is 0 Å². The molecular formula is C17H25ClN6O3. The molecule has 148 valence electrons. The van der Waals surface area contributed by atoms with Crippen LogP contribution in [0.3, 0.4) is 0 Å². The van der Waals surface area contributed by atoms with Crippen LogP contribution in [0.1, 0.15) is 12.0 Å². The second-order valence-corrected chi connectivity index (χ2v) is 6.34. The summed E-state index contributed by atoms with van der Waals surface area (Å²) in [6, 6.07) is 6.34. The molecule has 0 spiro atoms. The molecule has 2 rings (SSSR count). The second-order valence-electron chi connectivity index (χ2n) is 5.90. The number of ether oxygens (including phenoxy) is 1. The van der Waals surface area contributed by atoms with Crippen molar-refractivity contribution < 1.29 is 14.3 Å². The second kappa shape index (κ2) is 11.6. The fourth-order valence-electron chi connectivity index (χ4n) is 2.34. The van der Waals surface area contributed by atoms with Crippen LogP contribution in [-0.2, 0) is 20.9 Å². The highest BCUT2D eigenvalue weighted by atomic mass is 35.5. The van der Waals surface area contributed by atoms with Crippen LogP contribution < -0.4 is 22.0 Å². The molecule has 1 fully saturated rings. The van der Waals surface area contributed by atoms with Gasteiger partial charge in [0.1, 0.15) is 12.1 Å². The van der Waals surface area contributed by atoms with E-state index in [1.807, 2.05) is 12.1 Å². The molecule has 1 aliphatic rings. The fraction of sp³-hybridized carbons (Fsp3) is 0.471. The van der Waals surface area contributed by atoms with Gasteiger partial charge in [-0.1, -0.05) is 23.7 Å². The zero-order chi connectivity index (χ0) is 19.5. The van der Waals surface area contributed by atoms with E-state index >= 15 is 0 Å². The molecule has 10 heteroatoms. The maximum atomic E-state index is 12.6. The average Bonchev–Trinajstić information content (AvgIpc) is 2.68. The molecule has 0 saturated carbocycles. The molecule has 0 aliphatic carbocycles. The number of carbonyl (C=O) groups excluding carboxylic acids is 2. The number of halogens is 1. The Labute approximate surface area is 163 Å². The lowest BCUT2D eigenvalue weighted by Crippen LogP contribution is -2.60. The number of rotatable bonds is 10. The molecule has 1 saturated heterocycles. The fourth-order valence-corrected chi connectivity index (χ4v) is 2.46. The molecule has 1 atom stereocenters. The highest BCUT2D eigenvalue weighted by Gasteiger charge is 2.24. The van der Waals surface area contributed by atoms with Crippen LogP contribution in [0.4, 0.5) is 0 Å². The van der Waals surface area contributed by atoms with Gasteiger partial charge in [0.05, 0.1) is 19.8 Å². The van der Waals surface area contributed by atoms with Gasteiger partial charge in [-0.25, -0.2) is 10.4 Å². The number of amidine groups is 1. The number of morpholine rings is 1. The Balaban J connectivity index is 1.99. The van der Waals surface area contributed by atoms with Gasteiger partial charge in [-0.05, 0) is 17.7 Å². The lowest BCUT2D eigenvalue weighted by molar-refractivity contribution is -0.128. The molecular weight excluding hydrogens is 372 g/mol. The van der Waals surface area contributed by atoms with Crippen molar-refractivity contribution >= 4 is 29.6 Å². The van der Waals surface area contributed by atoms with Crippen LogP contribution >= 0.6 is 11.6 Å². The van der Waals surface area contributed by atoms with E-state index in [0.29, 0.717) is 50.8 Å². The average molecular weight is 397 g/mol. The first-order chi connectivity index (χ1) is 13.1. The van der Waals surface area contributed by atoms with Gasteiger partial charge in [-0.2, -0.15) is 0 Å². The number of carbonyl (C=O) groups is 2. The van der Waals surface area contributed by atoms with Crippen LogP contribution in [0.15, 0.2) is 29.3 Å². The first-order valence-electron chi connectivity index (χ1n) is 8.69. The van der Waals surface area contributed by atoms with Crippen molar-refractivity contribution in [1.82, 2.24) is 21.3 Å². The monoisotopic (exact) mass is 396 g/mol. The molecule has 1 aliphatic heterocycles. The first kappa shape index (κ1) is 21.3. The van der Waals surface area contributed by atoms with Gasteiger partial charge >= 0.3 is 0 Å². The van der Waals surface area contributed by atoms with Crippen LogP contribution in [0, 0.1) is 0 Å². The number of hydrogen-bond acceptors (Lipinski definition) is 7. The Morgan fingerprint density at radius 1 is 1.33 bits per heavy atom. The molecule has 27 heavy (non-hydrogen) atoms. The topological polar surface area (TPSA) is 121 Å². The third kappa shape index (κ3) is 7.61. The Morgan fingerprint density at radius 2 is 2.04 bits per heavy atom. The maximum absolute atomic E-state index is 12.6. The smallest absolute Gasteiger partial charge is 0.260 e. The SMILES string of the molecule is NC(=NCc1ccc(Cl)cc1)C(NNCCC=O)C(=O)NN1CCOCC1. The summed E-state index contributed by atoms with van der Waals surface area (Å²) >= 11 is 5.87. The van der Waals surface area contributed by atoms with Gasteiger partial charge < -0.3 is 15.3 Å². The van der Waals surface area contributed by atoms with E-state index in [9.17, 15) is 9.59 Å². The lowest BCUT2D eigenvalue weighted by Gasteiger charge is -2.29. The quantitative estimate of drug-likeness (QED) is 0.140. The Kier molecular flexibility index (Phi) is 9.16. The normalized spacial score (nSPS) is 16.7. The molecule has 9 nitrogen and oxygen atoms in total. The van der Waals surface area contributed by atoms with E-state index in [2.05, 4.69) is 21.3 Å². The zero-order valence-corrected chi connectivity index (χ0v) is 15.7. The van der Waals surface area contributed by atoms with Gasteiger partial charge in [0.25, 0.3) is 5.91 Å². The predicted molar refractivity (Wildman–Crippen MR) is 103 cm³/mol. The van der Waals surface area contributed by atoms with Crippen molar-refractivity contribution in [2.75, 3.05) is 32.8 Å². The molecule has 1 aromatic rings. The minimum Gasteiger partial charge on any atom is -0.386 e. The summed E-state index contributed by atoms with van der Waals surface area (Å²) in [5.41, 5.74) is 15.5. The van der Waals surface area contributed by atoms with Crippen molar-refractivity contribution in [3.63, 3.8) is 0 Å². The summed E-state index contributed by atoms with van der Waals surface area (Å²) < 4.78 is 5.27. The summed E-state index contributed by atoms with van der Waals surface area (Å²) in [6.45, 7) is 2.99. The maximum Gasteiger partial charge on any atom is 0.260 e. The third-order valence-corrected chi connectivity index (χ3v) is 4.08. The highest BCUT2D eigenvalue weighted by molar-refractivity contribution is 6.30. The number of nitrogens with two attached hydrogens (primary N) is 1. The number of hydrazine groups is 2. The van der Waals surface area contributed by atoms with E-state index in [1.165, 1.54) is 0 Å². The van der Waals surface area contributed by atoms with Crippen molar-refractivity contribution in [3.8, 4) is 0 Å². The molecule has 1 heterocycles. The summed E-state index contributed by atoms with van der Waals surface area (Å²) in [5.74, 6) is -0.206. The number of amides is 1. The number of nitrogens with zero attached hydrogens (tertiary/aromatic N) is 2. The van der Waals surface area contributed by atoms with Gasteiger partial charge in [-0.3, -0.25) is 20.6 Å². The van der Waals surface area contributed by atoms with Gasteiger partial charge in [0.2, 0.25) is 0 Å². The third-order valence-electron chi connectivity index (χ3n) is 3.83. The molecule has 0 radical (unpaired) electrons. The van der Waals surface area contributed by atoms with Crippen LogP contribution in [0.2, 0.25) is 5.02 Å².